The van der Waals surface area contributed by atoms with Crippen LogP contribution in [0.15, 0.2) is 109 Å². The topological polar surface area (TPSA) is 78.9 Å². The van der Waals surface area contributed by atoms with Crippen molar-refractivity contribution in [2.75, 3.05) is 13.2 Å². The van der Waals surface area contributed by atoms with Gasteiger partial charge in [0.15, 0.2) is 6.10 Å². The molecule has 0 saturated heterocycles. The van der Waals surface area contributed by atoms with Crippen LogP contribution in [0.4, 0.5) is 0 Å². The molecule has 1 atom stereocenters. The number of ether oxygens (including phenoxy) is 3. The van der Waals surface area contributed by atoms with Gasteiger partial charge in [-0.25, -0.2) is 0 Å². The summed E-state index contributed by atoms with van der Waals surface area (Å²) in [5.41, 5.74) is 0. The summed E-state index contributed by atoms with van der Waals surface area (Å²) in [6.07, 6.45) is 89.6. The van der Waals surface area contributed by atoms with E-state index in [1.807, 2.05) is 0 Å². The molecule has 0 fully saturated rings. The average molecular weight is 1080 g/mol. The number of carbonyl (C=O) groups excluding carboxylic acids is 3. The lowest BCUT2D eigenvalue weighted by molar-refractivity contribution is -0.167. The number of esters is 3. The quantitative estimate of drug-likeness (QED) is 0.0261. The number of hydrogen-bond acceptors (Lipinski definition) is 6. The molecular weight excluding hydrogens is 961 g/mol. The second kappa shape index (κ2) is 65.6. The van der Waals surface area contributed by atoms with Crippen molar-refractivity contribution in [2.24, 2.45) is 0 Å². The van der Waals surface area contributed by atoms with Crippen LogP contribution in [0, 0.1) is 0 Å². The van der Waals surface area contributed by atoms with E-state index in [0.29, 0.717) is 19.3 Å². The van der Waals surface area contributed by atoms with Crippen molar-refractivity contribution in [3.63, 3.8) is 0 Å². The van der Waals surface area contributed by atoms with Crippen molar-refractivity contribution >= 4 is 17.9 Å². The third kappa shape index (κ3) is 62.9. The second-order valence-electron chi connectivity index (χ2n) is 21.6. The lowest BCUT2D eigenvalue weighted by Gasteiger charge is -2.18. The summed E-state index contributed by atoms with van der Waals surface area (Å²) < 4.78 is 16.9. The first-order valence-corrected chi connectivity index (χ1v) is 32.9. The number of hydrogen-bond donors (Lipinski definition) is 0. The Morgan fingerprint density at radius 3 is 0.795 bits per heavy atom. The lowest BCUT2D eigenvalue weighted by Crippen LogP contribution is -2.30. The number of carbonyl (C=O) groups is 3. The van der Waals surface area contributed by atoms with E-state index in [-0.39, 0.29) is 31.1 Å². The van der Waals surface area contributed by atoms with Crippen molar-refractivity contribution in [1.29, 1.82) is 0 Å². The molecule has 0 amide bonds. The van der Waals surface area contributed by atoms with Gasteiger partial charge in [-0.1, -0.05) is 297 Å². The SMILES string of the molecule is CC/C=C\C/C=C\C/C=C\C/C=C\C/C=C\C/C=C\CCCCCCCCC(=O)OCC(COC(=O)CCCCC/C=C\C/C=C\C/C=C\CC)OC(=O)CCCCCCCCCCCCCCCCCCCCCCCC. The molecule has 78 heavy (non-hydrogen) atoms. The van der Waals surface area contributed by atoms with E-state index < -0.39 is 6.10 Å². The summed E-state index contributed by atoms with van der Waals surface area (Å²) in [4.78, 5) is 38.3. The van der Waals surface area contributed by atoms with E-state index in [1.54, 1.807) is 0 Å². The lowest BCUT2D eigenvalue weighted by atomic mass is 10.0. The van der Waals surface area contributed by atoms with E-state index >= 15 is 0 Å². The normalized spacial score (nSPS) is 12.8. The minimum absolute atomic E-state index is 0.0945. The maximum Gasteiger partial charge on any atom is 0.306 e. The third-order valence-electron chi connectivity index (χ3n) is 14.0. The molecule has 6 nitrogen and oxygen atoms in total. The predicted octanol–water partition coefficient (Wildman–Crippen LogP) is 22.6. The van der Waals surface area contributed by atoms with Gasteiger partial charge in [0.1, 0.15) is 13.2 Å². The molecule has 0 aromatic carbocycles. The van der Waals surface area contributed by atoms with E-state index in [1.165, 1.54) is 135 Å². The average Bonchev–Trinajstić information content (AvgIpc) is 3.44. The Morgan fingerprint density at radius 1 is 0.269 bits per heavy atom. The monoisotopic (exact) mass is 1080 g/mol. The molecule has 0 spiro atoms. The fraction of sp³-hybridized carbons (Fsp3) is 0.708. The zero-order valence-electron chi connectivity index (χ0n) is 51.2. The van der Waals surface area contributed by atoms with Gasteiger partial charge >= 0.3 is 17.9 Å². The highest BCUT2D eigenvalue weighted by Gasteiger charge is 2.19. The first kappa shape index (κ1) is 74.1. The van der Waals surface area contributed by atoms with E-state index in [9.17, 15) is 14.4 Å². The van der Waals surface area contributed by atoms with Gasteiger partial charge in [0.25, 0.3) is 0 Å². The molecular formula is C72H122O6. The minimum Gasteiger partial charge on any atom is -0.462 e. The number of rotatable bonds is 59. The summed E-state index contributed by atoms with van der Waals surface area (Å²) in [6, 6.07) is 0. The van der Waals surface area contributed by atoms with Gasteiger partial charge in [0.2, 0.25) is 0 Å². The fourth-order valence-corrected chi connectivity index (χ4v) is 9.17. The first-order valence-electron chi connectivity index (χ1n) is 32.9. The van der Waals surface area contributed by atoms with Crippen molar-refractivity contribution in [3.05, 3.63) is 109 Å². The molecule has 0 heterocycles. The van der Waals surface area contributed by atoms with Gasteiger partial charge in [0, 0.05) is 19.3 Å². The first-order chi connectivity index (χ1) is 38.5. The van der Waals surface area contributed by atoms with Crippen LogP contribution in [0.3, 0.4) is 0 Å². The van der Waals surface area contributed by atoms with Crippen molar-refractivity contribution < 1.29 is 28.6 Å². The Labute approximate surface area is 482 Å². The summed E-state index contributed by atoms with van der Waals surface area (Å²) in [5.74, 6) is -0.927. The molecule has 446 valence electrons. The van der Waals surface area contributed by atoms with Gasteiger partial charge in [-0.05, 0) is 103 Å². The van der Waals surface area contributed by atoms with Crippen molar-refractivity contribution in [1.82, 2.24) is 0 Å². The smallest absolute Gasteiger partial charge is 0.306 e. The molecule has 0 aromatic rings. The van der Waals surface area contributed by atoms with Crippen LogP contribution in [0.5, 0.6) is 0 Å². The number of unbranched alkanes of at least 4 members (excludes halogenated alkanes) is 30. The van der Waals surface area contributed by atoms with Crippen LogP contribution in [0.25, 0.3) is 0 Å². The molecule has 1 unspecified atom stereocenters. The molecule has 0 N–H and O–H groups in total. The standard InChI is InChI=1S/C72H122O6/c1-4-7-10-13-16-19-22-25-27-29-31-33-35-36-37-39-40-42-44-47-50-53-56-59-62-65-71(74)77-68-69(67-76-70(73)64-61-58-55-52-49-46-24-21-18-15-12-9-6-3)78-72(75)66-63-60-57-54-51-48-45-43-41-38-34-32-30-28-26-23-20-17-14-11-8-5-2/h7,9-10,12,16,18-19,21,25,27,31,33,36-37,40,42,46,49,69H,4-6,8,11,13-15,17,20,22-24,26,28-30,32,34-35,38-39,41,43-45,47-48,50-68H2,1-3H3/b10-7-,12-9-,19-16-,21-18-,27-25-,33-31-,37-36-,42-40-,49-46-. The Hall–Kier alpha value is -3.93. The molecule has 0 aliphatic heterocycles. The fourth-order valence-electron chi connectivity index (χ4n) is 9.17. The summed E-state index contributed by atoms with van der Waals surface area (Å²) in [5, 5.41) is 0. The second-order valence-corrected chi connectivity index (χ2v) is 21.6. The zero-order chi connectivity index (χ0) is 56.4. The highest BCUT2D eigenvalue weighted by Crippen LogP contribution is 2.17. The summed E-state index contributed by atoms with van der Waals surface area (Å²) in [6.45, 7) is 6.41. The van der Waals surface area contributed by atoms with Crippen molar-refractivity contribution in [2.45, 2.75) is 316 Å². The highest BCUT2D eigenvalue weighted by atomic mass is 16.6. The molecule has 0 bridgehead atoms. The van der Waals surface area contributed by atoms with Crippen LogP contribution < -0.4 is 0 Å². The third-order valence-corrected chi connectivity index (χ3v) is 14.0. The zero-order valence-corrected chi connectivity index (χ0v) is 51.2. The van der Waals surface area contributed by atoms with Crippen LogP contribution in [-0.2, 0) is 28.6 Å². The molecule has 0 rings (SSSR count). The predicted molar refractivity (Wildman–Crippen MR) is 339 cm³/mol. The molecule has 0 aliphatic rings. The molecule has 0 aliphatic carbocycles. The van der Waals surface area contributed by atoms with E-state index in [0.717, 1.165) is 135 Å². The molecule has 0 aromatic heterocycles. The molecule has 0 radical (unpaired) electrons. The van der Waals surface area contributed by atoms with Crippen LogP contribution in [-0.4, -0.2) is 37.2 Å². The largest absolute Gasteiger partial charge is 0.462 e. The van der Waals surface area contributed by atoms with Crippen LogP contribution in [0.2, 0.25) is 0 Å². The van der Waals surface area contributed by atoms with Gasteiger partial charge in [0.05, 0.1) is 0 Å². The van der Waals surface area contributed by atoms with Crippen LogP contribution >= 0.6 is 0 Å². The Kier molecular flexibility index (Phi) is 62.3. The van der Waals surface area contributed by atoms with Gasteiger partial charge in [-0.2, -0.15) is 0 Å². The van der Waals surface area contributed by atoms with E-state index in [4.69, 9.17) is 14.2 Å². The summed E-state index contributed by atoms with van der Waals surface area (Å²) >= 11 is 0. The number of allylic oxidation sites excluding steroid dienone is 18. The maximum absolute atomic E-state index is 12.9. The van der Waals surface area contributed by atoms with Crippen molar-refractivity contribution in [3.8, 4) is 0 Å². The van der Waals surface area contributed by atoms with Crippen LogP contribution in [0.1, 0.15) is 310 Å². The highest BCUT2D eigenvalue weighted by molar-refractivity contribution is 5.71. The molecule has 0 saturated carbocycles. The minimum atomic E-state index is -0.798. The summed E-state index contributed by atoms with van der Waals surface area (Å²) in [7, 11) is 0. The van der Waals surface area contributed by atoms with Gasteiger partial charge in [-0.15, -0.1) is 0 Å². The Morgan fingerprint density at radius 2 is 0.500 bits per heavy atom. The Bertz CT molecular complexity index is 1570. The molecule has 6 heteroatoms. The van der Waals surface area contributed by atoms with Gasteiger partial charge < -0.3 is 14.2 Å². The van der Waals surface area contributed by atoms with E-state index in [2.05, 4.69) is 130 Å². The van der Waals surface area contributed by atoms with Gasteiger partial charge in [-0.3, -0.25) is 14.4 Å². The Balaban J connectivity index is 4.36. The maximum atomic E-state index is 12.9.